The van der Waals surface area contributed by atoms with Gasteiger partial charge < -0.3 is 21.1 Å². The zero-order valence-corrected chi connectivity index (χ0v) is 11.2. The van der Waals surface area contributed by atoms with Crippen molar-refractivity contribution in [3.63, 3.8) is 0 Å². The third-order valence-corrected chi connectivity index (χ3v) is 2.98. The minimum atomic E-state index is -1.15. The van der Waals surface area contributed by atoms with Gasteiger partial charge in [0.15, 0.2) is 5.69 Å². The summed E-state index contributed by atoms with van der Waals surface area (Å²) in [6.07, 6.45) is 2.31. The number of amides is 3. The summed E-state index contributed by atoms with van der Waals surface area (Å²) in [5, 5.41) is 23.8. The number of carbonyl (C=O) groups excluding carboxylic acids is 2. The molecule has 2 rings (SSSR count). The molecule has 1 aliphatic heterocycles. The molecular formula is C11H16N6O4. The molecule has 0 aromatic carbocycles. The third-order valence-electron chi connectivity index (χ3n) is 2.98. The highest BCUT2D eigenvalue weighted by Crippen LogP contribution is 2.02. The fourth-order valence-electron chi connectivity index (χ4n) is 1.88. The van der Waals surface area contributed by atoms with Crippen LogP contribution < -0.4 is 16.0 Å². The number of piperidine rings is 1. The predicted octanol–water partition coefficient (Wildman–Crippen LogP) is -1.45. The van der Waals surface area contributed by atoms with Crippen LogP contribution in [0.3, 0.4) is 0 Å². The lowest BCUT2D eigenvalue weighted by Crippen LogP contribution is -2.50. The highest BCUT2D eigenvalue weighted by molar-refractivity contribution is 5.84. The Hall–Kier alpha value is -2.65. The molecule has 1 saturated heterocycles. The number of carbonyl (C=O) groups is 3. The topological polar surface area (TPSA) is 138 Å². The Morgan fingerprint density at radius 1 is 1.52 bits per heavy atom. The highest BCUT2D eigenvalue weighted by atomic mass is 16.4. The van der Waals surface area contributed by atoms with Gasteiger partial charge in [0, 0.05) is 25.6 Å². The molecule has 10 nitrogen and oxygen atoms in total. The van der Waals surface area contributed by atoms with Crippen molar-refractivity contribution < 1.29 is 19.5 Å². The number of aromatic nitrogens is 3. The van der Waals surface area contributed by atoms with Crippen molar-refractivity contribution in [1.82, 2.24) is 30.9 Å². The smallest absolute Gasteiger partial charge is 0.358 e. The number of aromatic carboxylic acids is 1. The van der Waals surface area contributed by atoms with Crippen molar-refractivity contribution in [1.29, 1.82) is 0 Å². The molecule has 0 spiro atoms. The van der Waals surface area contributed by atoms with E-state index in [4.69, 9.17) is 5.11 Å². The van der Waals surface area contributed by atoms with Crippen LogP contribution in [0.2, 0.25) is 0 Å². The fraction of sp³-hybridized carbons (Fsp3) is 0.545. The minimum absolute atomic E-state index is 0.00567. The standard InChI is InChI=1S/C11H16N6O4/c18-9-2-1-7(5-13-9)14-11(21)12-3-4-17-6-8(10(19)20)15-16-17/h6-7H,1-5H2,(H,13,18)(H,19,20)(H2,12,14,21). The number of nitrogens with one attached hydrogen (secondary N) is 3. The second-order valence-corrected chi connectivity index (χ2v) is 4.61. The van der Waals surface area contributed by atoms with Crippen LogP contribution in [0.5, 0.6) is 0 Å². The summed E-state index contributed by atoms with van der Waals surface area (Å²) in [6, 6.07) is -0.414. The molecule has 21 heavy (non-hydrogen) atoms. The van der Waals surface area contributed by atoms with Crippen molar-refractivity contribution in [2.75, 3.05) is 13.1 Å². The van der Waals surface area contributed by atoms with Gasteiger partial charge in [-0.05, 0) is 6.42 Å². The summed E-state index contributed by atoms with van der Waals surface area (Å²) in [7, 11) is 0. The number of hydrogen-bond donors (Lipinski definition) is 4. The molecule has 1 aromatic heterocycles. The molecule has 3 amide bonds. The van der Waals surface area contributed by atoms with Crippen molar-refractivity contribution in [2.24, 2.45) is 0 Å². The Balaban J connectivity index is 1.66. The lowest BCUT2D eigenvalue weighted by Gasteiger charge is -2.23. The first-order valence-corrected chi connectivity index (χ1v) is 6.49. The van der Waals surface area contributed by atoms with Gasteiger partial charge >= 0.3 is 12.0 Å². The maximum Gasteiger partial charge on any atom is 0.358 e. The summed E-state index contributed by atoms with van der Waals surface area (Å²) in [6.45, 7) is 1.03. The molecule has 1 fully saturated rings. The zero-order valence-electron chi connectivity index (χ0n) is 11.2. The van der Waals surface area contributed by atoms with E-state index >= 15 is 0 Å². The van der Waals surface area contributed by atoms with E-state index in [-0.39, 0.29) is 30.2 Å². The molecule has 4 N–H and O–H groups in total. The summed E-state index contributed by atoms with van der Waals surface area (Å²) < 4.78 is 1.34. The molecule has 1 aromatic rings. The van der Waals surface area contributed by atoms with Crippen LogP contribution in [0.4, 0.5) is 4.79 Å². The van der Waals surface area contributed by atoms with E-state index < -0.39 is 5.97 Å². The zero-order chi connectivity index (χ0) is 15.2. The van der Waals surface area contributed by atoms with Crippen molar-refractivity contribution in [3.8, 4) is 0 Å². The van der Waals surface area contributed by atoms with Crippen molar-refractivity contribution >= 4 is 17.9 Å². The monoisotopic (exact) mass is 296 g/mol. The Bertz CT molecular complexity index is 533. The summed E-state index contributed by atoms with van der Waals surface area (Å²) in [5.74, 6) is -1.15. The highest BCUT2D eigenvalue weighted by Gasteiger charge is 2.19. The van der Waals surface area contributed by atoms with Crippen LogP contribution in [-0.4, -0.2) is 57.1 Å². The lowest BCUT2D eigenvalue weighted by molar-refractivity contribution is -0.122. The first-order chi connectivity index (χ1) is 10.0. The molecule has 1 unspecified atom stereocenters. The van der Waals surface area contributed by atoms with Gasteiger partial charge in [-0.25, -0.2) is 14.3 Å². The van der Waals surface area contributed by atoms with Crippen LogP contribution in [0.15, 0.2) is 6.20 Å². The molecule has 0 saturated carbocycles. The third kappa shape index (κ3) is 4.44. The van der Waals surface area contributed by atoms with Gasteiger partial charge in [0.1, 0.15) is 0 Å². The van der Waals surface area contributed by atoms with E-state index in [0.29, 0.717) is 25.9 Å². The quantitative estimate of drug-likeness (QED) is 0.524. The lowest BCUT2D eigenvalue weighted by atomic mass is 10.1. The second kappa shape index (κ2) is 6.68. The first-order valence-electron chi connectivity index (χ1n) is 6.49. The van der Waals surface area contributed by atoms with Gasteiger partial charge in [-0.1, -0.05) is 5.21 Å². The van der Waals surface area contributed by atoms with E-state index in [1.807, 2.05) is 0 Å². The van der Waals surface area contributed by atoms with Gasteiger partial charge in [0.2, 0.25) is 5.91 Å². The van der Waals surface area contributed by atoms with Gasteiger partial charge in [-0.3, -0.25) is 4.79 Å². The molecule has 0 radical (unpaired) electrons. The molecule has 1 atom stereocenters. The fourth-order valence-corrected chi connectivity index (χ4v) is 1.88. The van der Waals surface area contributed by atoms with Crippen LogP contribution in [0.25, 0.3) is 0 Å². The SMILES string of the molecule is O=C1CCC(NC(=O)NCCn2cc(C(=O)O)nn2)CN1. The van der Waals surface area contributed by atoms with E-state index in [2.05, 4.69) is 26.3 Å². The number of carboxylic acid groups (broad SMARTS) is 1. The van der Waals surface area contributed by atoms with Gasteiger partial charge in [0.25, 0.3) is 0 Å². The average Bonchev–Trinajstić information content (AvgIpc) is 2.90. The predicted molar refractivity (Wildman–Crippen MR) is 69.5 cm³/mol. The maximum atomic E-state index is 11.6. The first kappa shape index (κ1) is 14.8. The van der Waals surface area contributed by atoms with E-state index in [1.165, 1.54) is 10.9 Å². The van der Waals surface area contributed by atoms with Crippen molar-refractivity contribution in [3.05, 3.63) is 11.9 Å². The number of rotatable bonds is 5. The normalized spacial score (nSPS) is 17.9. The second-order valence-electron chi connectivity index (χ2n) is 4.61. The van der Waals surface area contributed by atoms with Gasteiger partial charge in [-0.15, -0.1) is 5.10 Å². The number of nitrogens with zero attached hydrogens (tertiary/aromatic N) is 3. The van der Waals surface area contributed by atoms with Crippen LogP contribution in [-0.2, 0) is 11.3 Å². The van der Waals surface area contributed by atoms with Crippen LogP contribution in [0, 0.1) is 0 Å². The van der Waals surface area contributed by atoms with Crippen LogP contribution >= 0.6 is 0 Å². The van der Waals surface area contributed by atoms with Crippen molar-refractivity contribution in [2.45, 2.75) is 25.4 Å². The van der Waals surface area contributed by atoms with Gasteiger partial charge in [0.05, 0.1) is 12.7 Å². The molecule has 10 heteroatoms. The van der Waals surface area contributed by atoms with E-state index in [1.54, 1.807) is 0 Å². The number of carboxylic acids is 1. The minimum Gasteiger partial charge on any atom is -0.476 e. The van der Waals surface area contributed by atoms with E-state index in [9.17, 15) is 14.4 Å². The summed E-state index contributed by atoms with van der Waals surface area (Å²) in [5.41, 5.74) is -0.141. The molecular weight excluding hydrogens is 280 g/mol. The molecule has 0 aliphatic carbocycles. The van der Waals surface area contributed by atoms with Crippen LogP contribution in [0.1, 0.15) is 23.3 Å². The average molecular weight is 296 g/mol. The number of urea groups is 1. The Kier molecular flexibility index (Phi) is 4.69. The van der Waals surface area contributed by atoms with Gasteiger partial charge in [-0.2, -0.15) is 0 Å². The molecule has 0 bridgehead atoms. The Labute approximate surface area is 119 Å². The maximum absolute atomic E-state index is 11.6. The van der Waals surface area contributed by atoms with E-state index in [0.717, 1.165) is 0 Å². The summed E-state index contributed by atoms with van der Waals surface area (Å²) in [4.78, 5) is 33.2. The summed E-state index contributed by atoms with van der Waals surface area (Å²) >= 11 is 0. The molecule has 2 heterocycles. The Morgan fingerprint density at radius 2 is 2.33 bits per heavy atom. The molecule has 114 valence electrons. The Morgan fingerprint density at radius 3 is 2.95 bits per heavy atom. The number of hydrogen-bond acceptors (Lipinski definition) is 5. The largest absolute Gasteiger partial charge is 0.476 e. The molecule has 1 aliphatic rings.